The largest absolute Gasteiger partial charge is 0.494 e. The molecule has 0 unspecified atom stereocenters. The van der Waals surface area contributed by atoms with E-state index in [0.717, 1.165) is 28.7 Å². The summed E-state index contributed by atoms with van der Waals surface area (Å²) < 4.78 is 15.0. The van der Waals surface area contributed by atoms with Crippen LogP contribution < -0.4 is 5.46 Å². The highest BCUT2D eigenvalue weighted by Gasteiger charge is 2.52. The average Bonchev–Trinajstić information content (AvgIpc) is 3.38. The van der Waals surface area contributed by atoms with Crippen molar-refractivity contribution in [1.29, 1.82) is 0 Å². The van der Waals surface area contributed by atoms with Gasteiger partial charge in [0, 0.05) is 17.5 Å². The third kappa shape index (κ3) is 3.18. The second kappa shape index (κ2) is 7.31. The molecule has 4 aromatic rings. The highest BCUT2D eigenvalue weighted by molar-refractivity contribution is 6.62. The first kappa shape index (κ1) is 22.6. The zero-order valence-electron chi connectivity index (χ0n) is 21.8. The van der Waals surface area contributed by atoms with Crippen LogP contribution in [0, 0.1) is 0 Å². The average molecular weight is 464 g/mol. The summed E-state index contributed by atoms with van der Waals surface area (Å²) in [5, 5.41) is 0. The third-order valence-electron chi connectivity index (χ3n) is 8.41. The van der Waals surface area contributed by atoms with E-state index in [-0.39, 0.29) is 23.7 Å². The number of aromatic nitrogens is 2. The zero-order chi connectivity index (χ0) is 24.8. The first-order valence-corrected chi connectivity index (χ1v) is 12.7. The summed E-state index contributed by atoms with van der Waals surface area (Å²) in [7, 11) is -0.357. The van der Waals surface area contributed by atoms with Crippen molar-refractivity contribution in [3.63, 3.8) is 0 Å². The Labute approximate surface area is 208 Å². The normalized spacial score (nSPS) is 19.2. The summed E-state index contributed by atoms with van der Waals surface area (Å²) in [6.07, 6.45) is 0.882. The lowest BCUT2D eigenvalue weighted by atomic mass is 9.74. The van der Waals surface area contributed by atoms with Crippen molar-refractivity contribution >= 4 is 23.6 Å². The zero-order valence-corrected chi connectivity index (χ0v) is 21.8. The molecule has 35 heavy (non-hydrogen) atoms. The summed E-state index contributed by atoms with van der Waals surface area (Å²) in [5.74, 6) is 1.09. The van der Waals surface area contributed by atoms with Gasteiger partial charge in [0.1, 0.15) is 5.82 Å². The predicted octanol–water partition coefficient (Wildman–Crippen LogP) is 6.19. The molecule has 2 aliphatic rings. The first-order valence-electron chi connectivity index (χ1n) is 12.7. The molecule has 1 fully saturated rings. The van der Waals surface area contributed by atoms with Gasteiger partial charge >= 0.3 is 7.12 Å². The molecule has 5 heteroatoms. The number of hydrogen-bond donors (Lipinski definition) is 0. The van der Waals surface area contributed by atoms with Gasteiger partial charge in [-0.2, -0.15) is 0 Å². The van der Waals surface area contributed by atoms with Crippen molar-refractivity contribution in [3.8, 4) is 16.8 Å². The molecule has 2 heterocycles. The van der Waals surface area contributed by atoms with Gasteiger partial charge in [-0.25, -0.2) is 4.98 Å². The van der Waals surface area contributed by atoms with Crippen LogP contribution in [0.4, 0.5) is 0 Å². The number of nitrogens with zero attached hydrogens (tertiary/aromatic N) is 2. The molecule has 6 rings (SSSR count). The van der Waals surface area contributed by atoms with Crippen LogP contribution in [-0.4, -0.2) is 27.9 Å². The standard InChI is InChI=1S/C30H33BN2O2/c1-8-27-32-25-11-9-10-12-26(25)33(27)20-14-16-22-21-15-13-19(17-23(21)28(2,3)24(22)18-20)31-34-29(4,5)30(6,7)35-31/h9-18H,8H2,1-7H3. The maximum Gasteiger partial charge on any atom is 0.494 e. The van der Waals surface area contributed by atoms with Crippen LogP contribution in [0.2, 0.25) is 0 Å². The van der Waals surface area contributed by atoms with E-state index in [2.05, 4.69) is 114 Å². The Morgan fingerprint density at radius 2 is 1.43 bits per heavy atom. The van der Waals surface area contributed by atoms with E-state index in [1.165, 1.54) is 27.9 Å². The van der Waals surface area contributed by atoms with Gasteiger partial charge < -0.3 is 9.31 Å². The van der Waals surface area contributed by atoms with Crippen molar-refractivity contribution in [2.75, 3.05) is 0 Å². The number of hydrogen-bond acceptors (Lipinski definition) is 3. The van der Waals surface area contributed by atoms with Crippen LogP contribution in [0.3, 0.4) is 0 Å². The van der Waals surface area contributed by atoms with Crippen LogP contribution in [0.15, 0.2) is 60.7 Å². The first-order chi connectivity index (χ1) is 16.5. The smallest absolute Gasteiger partial charge is 0.399 e. The van der Waals surface area contributed by atoms with Crippen LogP contribution in [0.5, 0.6) is 0 Å². The molecule has 1 aromatic heterocycles. The van der Waals surface area contributed by atoms with E-state index in [1.807, 2.05) is 0 Å². The maximum absolute atomic E-state index is 6.36. The highest BCUT2D eigenvalue weighted by Crippen LogP contribution is 2.49. The van der Waals surface area contributed by atoms with Gasteiger partial charge in [-0.05, 0) is 79.7 Å². The Bertz CT molecular complexity index is 1470. The van der Waals surface area contributed by atoms with Gasteiger partial charge in [0.25, 0.3) is 0 Å². The van der Waals surface area contributed by atoms with Crippen molar-refractivity contribution in [1.82, 2.24) is 9.55 Å². The van der Waals surface area contributed by atoms with Crippen molar-refractivity contribution < 1.29 is 9.31 Å². The molecular formula is C30H33BN2O2. The lowest BCUT2D eigenvalue weighted by molar-refractivity contribution is 0.00578. The van der Waals surface area contributed by atoms with E-state index in [4.69, 9.17) is 14.3 Å². The molecule has 0 spiro atoms. The number of benzene rings is 3. The fourth-order valence-electron chi connectivity index (χ4n) is 5.61. The SMILES string of the molecule is CCc1nc2ccccc2n1-c1ccc2c(c1)C(C)(C)c1cc(B3OC(C)(C)C(C)(C)O3)ccc1-2. The Morgan fingerprint density at radius 3 is 2.11 bits per heavy atom. The molecule has 0 saturated carbocycles. The fraction of sp³-hybridized carbons (Fsp3) is 0.367. The second-order valence-electron chi connectivity index (χ2n) is 11.5. The van der Waals surface area contributed by atoms with E-state index in [1.54, 1.807) is 0 Å². The minimum absolute atomic E-state index is 0.136. The van der Waals surface area contributed by atoms with Crippen LogP contribution >= 0.6 is 0 Å². The Kier molecular flexibility index (Phi) is 4.72. The summed E-state index contributed by atoms with van der Waals surface area (Å²) >= 11 is 0. The van der Waals surface area contributed by atoms with Gasteiger partial charge in [-0.1, -0.05) is 57.2 Å². The van der Waals surface area contributed by atoms with Gasteiger partial charge in [0.2, 0.25) is 0 Å². The van der Waals surface area contributed by atoms with Crippen molar-refractivity contribution in [3.05, 3.63) is 77.6 Å². The molecule has 1 aliphatic heterocycles. The molecule has 0 atom stereocenters. The van der Waals surface area contributed by atoms with Gasteiger partial charge in [0.15, 0.2) is 0 Å². The van der Waals surface area contributed by atoms with E-state index < -0.39 is 0 Å². The predicted molar refractivity (Wildman–Crippen MR) is 144 cm³/mol. The van der Waals surface area contributed by atoms with Crippen molar-refractivity contribution in [2.24, 2.45) is 0 Å². The Balaban J connectivity index is 1.44. The Hall–Kier alpha value is -2.89. The molecule has 1 saturated heterocycles. The minimum Gasteiger partial charge on any atom is -0.399 e. The summed E-state index contributed by atoms with van der Waals surface area (Å²) in [5.41, 5.74) is 8.87. The number of para-hydroxylation sites is 2. The number of fused-ring (bicyclic) bond motifs is 4. The highest BCUT2D eigenvalue weighted by atomic mass is 16.7. The van der Waals surface area contributed by atoms with Crippen LogP contribution in [0.25, 0.3) is 27.8 Å². The lowest BCUT2D eigenvalue weighted by Gasteiger charge is -2.32. The van der Waals surface area contributed by atoms with Crippen LogP contribution in [0.1, 0.15) is 65.4 Å². The summed E-state index contributed by atoms with van der Waals surface area (Å²) in [6, 6.07) is 22.0. The summed E-state index contributed by atoms with van der Waals surface area (Å²) in [4.78, 5) is 4.89. The van der Waals surface area contributed by atoms with E-state index in [0.29, 0.717) is 0 Å². The lowest BCUT2D eigenvalue weighted by Crippen LogP contribution is -2.41. The molecular weight excluding hydrogens is 431 g/mol. The van der Waals surface area contributed by atoms with Gasteiger partial charge in [0.05, 0.1) is 22.2 Å². The molecule has 178 valence electrons. The van der Waals surface area contributed by atoms with Crippen LogP contribution in [-0.2, 0) is 21.1 Å². The fourth-order valence-corrected chi connectivity index (χ4v) is 5.61. The second-order valence-corrected chi connectivity index (χ2v) is 11.5. The molecule has 0 amide bonds. The maximum atomic E-state index is 6.36. The number of rotatable bonds is 3. The Morgan fingerprint density at radius 1 is 0.800 bits per heavy atom. The molecule has 4 nitrogen and oxygen atoms in total. The van der Waals surface area contributed by atoms with Gasteiger partial charge in [-0.15, -0.1) is 0 Å². The number of aryl methyl sites for hydroxylation is 1. The third-order valence-corrected chi connectivity index (χ3v) is 8.41. The number of imidazole rings is 1. The van der Waals surface area contributed by atoms with E-state index in [9.17, 15) is 0 Å². The minimum atomic E-state index is -0.357. The monoisotopic (exact) mass is 464 g/mol. The molecule has 0 bridgehead atoms. The topological polar surface area (TPSA) is 36.3 Å². The van der Waals surface area contributed by atoms with Gasteiger partial charge in [-0.3, -0.25) is 4.57 Å². The quantitative estimate of drug-likeness (QED) is 0.339. The summed E-state index contributed by atoms with van der Waals surface area (Å²) in [6.45, 7) is 15.2. The van der Waals surface area contributed by atoms with Crippen molar-refractivity contribution in [2.45, 2.75) is 71.5 Å². The molecule has 0 radical (unpaired) electrons. The molecule has 3 aromatic carbocycles. The molecule has 0 N–H and O–H groups in total. The molecule has 1 aliphatic carbocycles. The van der Waals surface area contributed by atoms with E-state index >= 15 is 0 Å².